The molecule has 3 aromatic rings. The van der Waals surface area contributed by atoms with Gasteiger partial charge in [0.15, 0.2) is 0 Å². The van der Waals surface area contributed by atoms with E-state index in [1.54, 1.807) is 12.4 Å². The zero-order chi connectivity index (χ0) is 13.9. The van der Waals surface area contributed by atoms with Crippen LogP contribution in [0.15, 0.2) is 55.0 Å². The van der Waals surface area contributed by atoms with Crippen LogP contribution in [0.3, 0.4) is 0 Å². The number of aromatic carboxylic acids is 1. The molecule has 0 saturated heterocycles. The Morgan fingerprint density at radius 2 is 2.05 bits per heavy atom. The van der Waals surface area contributed by atoms with Crippen LogP contribution in [0, 0.1) is 0 Å². The van der Waals surface area contributed by atoms with Crippen LogP contribution in [0.2, 0.25) is 0 Å². The van der Waals surface area contributed by atoms with E-state index >= 15 is 0 Å². The highest BCUT2D eigenvalue weighted by atomic mass is 16.4. The highest BCUT2D eigenvalue weighted by Crippen LogP contribution is 2.24. The van der Waals surface area contributed by atoms with Gasteiger partial charge in [-0.25, -0.2) is 9.78 Å². The Hall–Kier alpha value is -2.95. The zero-order valence-electron chi connectivity index (χ0n) is 10.4. The Labute approximate surface area is 114 Å². The van der Waals surface area contributed by atoms with Gasteiger partial charge in [0.2, 0.25) is 0 Å². The van der Waals surface area contributed by atoms with Crippen molar-refractivity contribution in [3.8, 4) is 0 Å². The molecule has 0 saturated carbocycles. The molecule has 20 heavy (non-hydrogen) atoms. The highest BCUT2D eigenvalue weighted by Gasteiger charge is 2.06. The van der Waals surface area contributed by atoms with Crippen LogP contribution in [0.1, 0.15) is 10.4 Å². The molecule has 0 amide bonds. The average molecular weight is 265 g/mol. The lowest BCUT2D eigenvalue weighted by Gasteiger charge is -2.09. The fourth-order valence-corrected chi connectivity index (χ4v) is 1.99. The van der Waals surface area contributed by atoms with Gasteiger partial charge in [-0.15, -0.1) is 0 Å². The molecule has 2 N–H and O–H groups in total. The molecule has 0 bridgehead atoms. The number of nitrogens with one attached hydrogen (secondary N) is 1. The summed E-state index contributed by atoms with van der Waals surface area (Å²) >= 11 is 0. The number of rotatable bonds is 3. The van der Waals surface area contributed by atoms with Gasteiger partial charge in [0.1, 0.15) is 5.82 Å². The summed E-state index contributed by atoms with van der Waals surface area (Å²) in [6, 6.07) is 10.7. The van der Waals surface area contributed by atoms with Gasteiger partial charge < -0.3 is 10.4 Å². The minimum Gasteiger partial charge on any atom is -0.478 e. The lowest BCUT2D eigenvalue weighted by Crippen LogP contribution is -2.00. The molecular weight excluding hydrogens is 254 g/mol. The van der Waals surface area contributed by atoms with E-state index in [0.717, 1.165) is 16.5 Å². The quantitative estimate of drug-likeness (QED) is 0.761. The second-order valence-electron chi connectivity index (χ2n) is 4.26. The number of hydrogen-bond donors (Lipinski definition) is 2. The van der Waals surface area contributed by atoms with E-state index in [4.69, 9.17) is 5.11 Å². The first-order valence-corrected chi connectivity index (χ1v) is 6.03. The number of carboxylic acids is 1. The molecule has 5 nitrogen and oxygen atoms in total. The highest BCUT2D eigenvalue weighted by molar-refractivity contribution is 5.95. The van der Waals surface area contributed by atoms with Gasteiger partial charge in [-0.05, 0) is 29.7 Å². The maximum atomic E-state index is 11.0. The van der Waals surface area contributed by atoms with Gasteiger partial charge in [0.05, 0.1) is 5.56 Å². The summed E-state index contributed by atoms with van der Waals surface area (Å²) in [5, 5.41) is 14.1. The van der Waals surface area contributed by atoms with Crippen LogP contribution >= 0.6 is 0 Å². The van der Waals surface area contributed by atoms with Gasteiger partial charge in [-0.3, -0.25) is 4.98 Å². The molecule has 0 spiro atoms. The van der Waals surface area contributed by atoms with Crippen molar-refractivity contribution in [2.75, 3.05) is 5.32 Å². The van der Waals surface area contributed by atoms with E-state index in [9.17, 15) is 4.79 Å². The van der Waals surface area contributed by atoms with E-state index in [-0.39, 0.29) is 5.56 Å². The van der Waals surface area contributed by atoms with E-state index in [1.807, 2.05) is 24.3 Å². The van der Waals surface area contributed by atoms with Gasteiger partial charge in [0, 0.05) is 29.7 Å². The summed E-state index contributed by atoms with van der Waals surface area (Å²) in [6.45, 7) is 0. The predicted octanol–water partition coefficient (Wildman–Crippen LogP) is 3.07. The zero-order valence-corrected chi connectivity index (χ0v) is 10.4. The molecule has 3 rings (SSSR count). The monoisotopic (exact) mass is 265 g/mol. The molecule has 0 atom stereocenters. The SMILES string of the molecule is O=C(O)c1ccnc(Nc2cccc3ccncc23)c1. The summed E-state index contributed by atoms with van der Waals surface area (Å²) < 4.78 is 0. The third-order valence-corrected chi connectivity index (χ3v) is 2.95. The van der Waals surface area contributed by atoms with Crippen molar-refractivity contribution in [3.05, 3.63) is 60.6 Å². The third-order valence-electron chi connectivity index (χ3n) is 2.95. The van der Waals surface area contributed by atoms with Gasteiger partial charge in [-0.2, -0.15) is 0 Å². The molecule has 0 aliphatic rings. The minimum atomic E-state index is -0.977. The van der Waals surface area contributed by atoms with Crippen LogP contribution < -0.4 is 5.32 Å². The van der Waals surface area contributed by atoms with Crippen molar-refractivity contribution in [1.82, 2.24) is 9.97 Å². The first-order chi connectivity index (χ1) is 9.74. The minimum absolute atomic E-state index is 0.195. The molecule has 0 aliphatic heterocycles. The standard InChI is InChI=1S/C15H11N3O2/c19-15(20)11-5-7-17-14(8-11)18-13-3-1-2-10-4-6-16-9-12(10)13/h1-9H,(H,17,18)(H,19,20). The van der Waals surface area contributed by atoms with Crippen LogP contribution in [0.4, 0.5) is 11.5 Å². The summed E-state index contributed by atoms with van der Waals surface area (Å²) in [5.74, 6) is -0.490. The number of nitrogens with zero attached hydrogens (tertiary/aromatic N) is 2. The molecule has 0 radical (unpaired) electrons. The number of aromatic nitrogens is 2. The molecule has 0 aliphatic carbocycles. The van der Waals surface area contributed by atoms with E-state index in [2.05, 4.69) is 15.3 Å². The van der Waals surface area contributed by atoms with E-state index in [0.29, 0.717) is 5.82 Å². The van der Waals surface area contributed by atoms with Crippen molar-refractivity contribution in [2.45, 2.75) is 0 Å². The number of hydrogen-bond acceptors (Lipinski definition) is 4. The van der Waals surface area contributed by atoms with Crippen molar-refractivity contribution < 1.29 is 9.90 Å². The van der Waals surface area contributed by atoms with Gasteiger partial charge >= 0.3 is 5.97 Å². The van der Waals surface area contributed by atoms with E-state index in [1.165, 1.54) is 18.3 Å². The summed E-state index contributed by atoms with van der Waals surface area (Å²) in [5.41, 5.74) is 1.03. The smallest absolute Gasteiger partial charge is 0.335 e. The topological polar surface area (TPSA) is 75.1 Å². The van der Waals surface area contributed by atoms with Gasteiger partial charge in [-0.1, -0.05) is 12.1 Å². The third kappa shape index (κ3) is 2.29. The van der Waals surface area contributed by atoms with Crippen molar-refractivity contribution in [1.29, 1.82) is 0 Å². The number of carboxylic acid groups (broad SMARTS) is 1. The lowest BCUT2D eigenvalue weighted by molar-refractivity contribution is 0.0697. The number of benzene rings is 1. The second kappa shape index (κ2) is 4.97. The fraction of sp³-hybridized carbons (Fsp3) is 0. The van der Waals surface area contributed by atoms with Crippen LogP contribution in [0.25, 0.3) is 10.8 Å². The Kier molecular flexibility index (Phi) is 3.01. The fourth-order valence-electron chi connectivity index (χ4n) is 1.99. The molecule has 1 aromatic carbocycles. The summed E-state index contributed by atoms with van der Waals surface area (Å²) in [4.78, 5) is 19.2. The maximum absolute atomic E-state index is 11.0. The summed E-state index contributed by atoms with van der Waals surface area (Å²) in [7, 11) is 0. The van der Waals surface area contributed by atoms with Crippen molar-refractivity contribution in [2.24, 2.45) is 0 Å². The Bertz CT molecular complexity index is 781. The molecular formula is C15H11N3O2. The Balaban J connectivity index is 2.01. The van der Waals surface area contributed by atoms with Crippen molar-refractivity contribution in [3.63, 3.8) is 0 Å². The Morgan fingerprint density at radius 1 is 1.15 bits per heavy atom. The molecule has 0 unspecified atom stereocenters. The maximum Gasteiger partial charge on any atom is 0.335 e. The first-order valence-electron chi connectivity index (χ1n) is 6.03. The van der Waals surface area contributed by atoms with Crippen molar-refractivity contribution >= 4 is 28.2 Å². The molecule has 5 heteroatoms. The summed E-state index contributed by atoms with van der Waals surface area (Å²) in [6.07, 6.45) is 4.96. The second-order valence-corrected chi connectivity index (χ2v) is 4.26. The molecule has 98 valence electrons. The predicted molar refractivity (Wildman–Crippen MR) is 76.2 cm³/mol. The van der Waals surface area contributed by atoms with Crippen LogP contribution in [-0.2, 0) is 0 Å². The first kappa shape index (κ1) is 12.1. The number of pyridine rings is 2. The number of anilines is 2. The van der Waals surface area contributed by atoms with Crippen LogP contribution in [-0.4, -0.2) is 21.0 Å². The molecule has 2 heterocycles. The van der Waals surface area contributed by atoms with E-state index < -0.39 is 5.97 Å². The number of carbonyl (C=O) groups is 1. The van der Waals surface area contributed by atoms with Gasteiger partial charge in [0.25, 0.3) is 0 Å². The van der Waals surface area contributed by atoms with Crippen LogP contribution in [0.5, 0.6) is 0 Å². The largest absolute Gasteiger partial charge is 0.478 e. The number of fused-ring (bicyclic) bond motifs is 1. The molecule has 2 aromatic heterocycles. The normalized spacial score (nSPS) is 10.4. The lowest BCUT2D eigenvalue weighted by atomic mass is 10.1. The average Bonchev–Trinajstić information content (AvgIpc) is 2.48. The molecule has 0 fully saturated rings. The Morgan fingerprint density at radius 3 is 2.90 bits per heavy atom.